The third-order valence-corrected chi connectivity index (χ3v) is 6.03. The number of nitro groups is 1. The average molecular weight is 395 g/mol. The van der Waals surface area contributed by atoms with Gasteiger partial charge in [-0.1, -0.05) is 24.3 Å². The molecule has 7 nitrogen and oxygen atoms in total. The number of carbonyl (C=O) groups excluding carboxylic acids is 1. The SMILES string of the molecule is O=C(c1ccc([N+](=O)[O-])cc1)N1CCC(O)(CN2CCc3ccccc3C2)CC1. The van der Waals surface area contributed by atoms with Gasteiger partial charge in [-0.25, -0.2) is 0 Å². The number of hydrogen-bond acceptors (Lipinski definition) is 5. The normalized spacial score (nSPS) is 18.9. The summed E-state index contributed by atoms with van der Waals surface area (Å²) in [5.41, 5.74) is 2.33. The Morgan fingerprint density at radius 2 is 1.69 bits per heavy atom. The number of rotatable bonds is 4. The molecule has 0 bridgehead atoms. The molecule has 0 saturated carbocycles. The van der Waals surface area contributed by atoms with Crippen molar-refractivity contribution in [2.45, 2.75) is 31.4 Å². The minimum absolute atomic E-state index is 0.0299. The van der Waals surface area contributed by atoms with Gasteiger partial charge in [0.05, 0.1) is 10.5 Å². The third-order valence-electron chi connectivity index (χ3n) is 6.03. The summed E-state index contributed by atoms with van der Waals surface area (Å²) in [4.78, 5) is 27.0. The van der Waals surface area contributed by atoms with Gasteiger partial charge in [-0.3, -0.25) is 19.8 Å². The van der Waals surface area contributed by atoms with Gasteiger partial charge in [0.1, 0.15) is 0 Å². The van der Waals surface area contributed by atoms with E-state index >= 15 is 0 Å². The fourth-order valence-electron chi connectivity index (χ4n) is 4.30. The third kappa shape index (κ3) is 4.31. The fourth-order valence-corrected chi connectivity index (χ4v) is 4.30. The van der Waals surface area contributed by atoms with Crippen LogP contribution in [0.3, 0.4) is 0 Å². The van der Waals surface area contributed by atoms with Crippen LogP contribution >= 0.6 is 0 Å². The first kappa shape index (κ1) is 19.5. The molecule has 29 heavy (non-hydrogen) atoms. The highest BCUT2D eigenvalue weighted by molar-refractivity contribution is 5.94. The van der Waals surface area contributed by atoms with Gasteiger partial charge >= 0.3 is 0 Å². The second-order valence-electron chi connectivity index (χ2n) is 8.05. The second-order valence-corrected chi connectivity index (χ2v) is 8.05. The number of aliphatic hydroxyl groups is 1. The van der Waals surface area contributed by atoms with Crippen molar-refractivity contribution in [3.05, 3.63) is 75.3 Å². The molecule has 0 aliphatic carbocycles. The van der Waals surface area contributed by atoms with Gasteiger partial charge in [0.15, 0.2) is 0 Å². The first-order chi connectivity index (χ1) is 13.9. The smallest absolute Gasteiger partial charge is 0.269 e. The van der Waals surface area contributed by atoms with E-state index in [1.807, 2.05) is 0 Å². The number of non-ortho nitro benzene ring substituents is 1. The molecule has 0 radical (unpaired) electrons. The number of fused-ring (bicyclic) bond motifs is 1. The molecule has 0 atom stereocenters. The molecule has 1 fully saturated rings. The van der Waals surface area contributed by atoms with Crippen LogP contribution in [0, 0.1) is 10.1 Å². The van der Waals surface area contributed by atoms with Crippen molar-refractivity contribution in [2.24, 2.45) is 0 Å². The first-order valence-electron chi connectivity index (χ1n) is 9.99. The van der Waals surface area contributed by atoms with E-state index in [1.165, 1.54) is 35.4 Å². The lowest BCUT2D eigenvalue weighted by atomic mass is 9.89. The molecule has 2 heterocycles. The Balaban J connectivity index is 1.33. The van der Waals surface area contributed by atoms with E-state index in [1.54, 1.807) is 4.90 Å². The minimum atomic E-state index is -0.793. The molecular weight excluding hydrogens is 370 g/mol. The molecule has 0 aromatic heterocycles. The van der Waals surface area contributed by atoms with Crippen LogP contribution in [-0.2, 0) is 13.0 Å². The largest absolute Gasteiger partial charge is 0.388 e. The number of amides is 1. The lowest BCUT2D eigenvalue weighted by Gasteiger charge is -2.42. The zero-order valence-corrected chi connectivity index (χ0v) is 16.3. The molecule has 1 saturated heterocycles. The van der Waals surface area contributed by atoms with Gasteiger partial charge in [-0.15, -0.1) is 0 Å². The highest BCUT2D eigenvalue weighted by Gasteiger charge is 2.36. The average Bonchev–Trinajstić information content (AvgIpc) is 2.73. The number of carbonyl (C=O) groups is 1. The number of piperidine rings is 1. The number of benzene rings is 2. The van der Waals surface area contributed by atoms with Gasteiger partial charge in [0, 0.05) is 50.4 Å². The summed E-state index contributed by atoms with van der Waals surface area (Å²) in [6.07, 6.45) is 2.06. The van der Waals surface area contributed by atoms with Crippen molar-refractivity contribution >= 4 is 11.6 Å². The monoisotopic (exact) mass is 395 g/mol. The summed E-state index contributed by atoms with van der Waals surface area (Å²) in [6, 6.07) is 14.1. The molecule has 0 spiro atoms. The molecule has 2 aliphatic heterocycles. The van der Waals surface area contributed by atoms with Gasteiger partial charge < -0.3 is 10.0 Å². The lowest BCUT2D eigenvalue weighted by molar-refractivity contribution is -0.384. The highest BCUT2D eigenvalue weighted by atomic mass is 16.6. The van der Waals surface area contributed by atoms with Crippen LogP contribution in [0.4, 0.5) is 5.69 Å². The van der Waals surface area contributed by atoms with E-state index in [4.69, 9.17) is 0 Å². The zero-order chi connectivity index (χ0) is 20.4. The van der Waals surface area contributed by atoms with Crippen LogP contribution in [-0.4, -0.2) is 57.5 Å². The fraction of sp³-hybridized carbons (Fsp3) is 0.409. The maximum absolute atomic E-state index is 12.7. The number of hydrogen-bond donors (Lipinski definition) is 1. The molecule has 152 valence electrons. The Kier molecular flexibility index (Phi) is 5.34. The maximum Gasteiger partial charge on any atom is 0.269 e. The van der Waals surface area contributed by atoms with E-state index in [2.05, 4.69) is 29.2 Å². The molecule has 1 amide bonds. The van der Waals surface area contributed by atoms with Crippen molar-refractivity contribution in [1.29, 1.82) is 0 Å². The summed E-state index contributed by atoms with van der Waals surface area (Å²) >= 11 is 0. The molecule has 1 N–H and O–H groups in total. The Bertz CT molecular complexity index is 905. The number of nitro benzene ring substituents is 1. The number of β-amino-alcohol motifs (C(OH)–C–C–N with tert-alkyl or cyclic N) is 1. The van der Waals surface area contributed by atoms with Crippen LogP contribution in [0.2, 0.25) is 0 Å². The molecular formula is C22H25N3O4. The van der Waals surface area contributed by atoms with Gasteiger partial charge in [-0.05, 0) is 42.5 Å². The molecule has 2 aliphatic rings. The van der Waals surface area contributed by atoms with Crippen molar-refractivity contribution in [2.75, 3.05) is 26.2 Å². The summed E-state index contributed by atoms with van der Waals surface area (Å²) in [7, 11) is 0. The Hall–Kier alpha value is -2.77. The summed E-state index contributed by atoms with van der Waals surface area (Å²) in [5.74, 6) is -0.145. The Labute approximate surface area is 169 Å². The molecule has 2 aromatic rings. The Morgan fingerprint density at radius 1 is 1.03 bits per heavy atom. The van der Waals surface area contributed by atoms with Crippen LogP contribution in [0.15, 0.2) is 48.5 Å². The van der Waals surface area contributed by atoms with E-state index in [-0.39, 0.29) is 11.6 Å². The first-order valence-corrected chi connectivity index (χ1v) is 9.99. The quantitative estimate of drug-likeness (QED) is 0.635. The van der Waals surface area contributed by atoms with Gasteiger partial charge in [0.2, 0.25) is 0 Å². The molecule has 7 heteroatoms. The molecule has 0 unspecified atom stereocenters. The molecule has 4 rings (SSSR count). The van der Waals surface area contributed by atoms with Crippen LogP contribution < -0.4 is 0 Å². The van der Waals surface area contributed by atoms with Crippen molar-refractivity contribution < 1.29 is 14.8 Å². The summed E-state index contributed by atoms with van der Waals surface area (Å²) in [5, 5.41) is 21.8. The Morgan fingerprint density at radius 3 is 2.34 bits per heavy atom. The van der Waals surface area contributed by atoms with Crippen LogP contribution in [0.25, 0.3) is 0 Å². The van der Waals surface area contributed by atoms with Gasteiger partial charge in [-0.2, -0.15) is 0 Å². The van der Waals surface area contributed by atoms with Crippen LogP contribution in [0.1, 0.15) is 34.3 Å². The minimum Gasteiger partial charge on any atom is -0.388 e. The maximum atomic E-state index is 12.7. The molecule has 2 aromatic carbocycles. The van der Waals surface area contributed by atoms with Crippen molar-refractivity contribution in [3.63, 3.8) is 0 Å². The second kappa shape index (κ2) is 7.93. The highest BCUT2D eigenvalue weighted by Crippen LogP contribution is 2.27. The van der Waals surface area contributed by atoms with E-state index in [9.17, 15) is 20.0 Å². The van der Waals surface area contributed by atoms with Gasteiger partial charge in [0.25, 0.3) is 11.6 Å². The van der Waals surface area contributed by atoms with Crippen molar-refractivity contribution in [1.82, 2.24) is 9.80 Å². The van der Waals surface area contributed by atoms with Crippen LogP contribution in [0.5, 0.6) is 0 Å². The topological polar surface area (TPSA) is 86.9 Å². The zero-order valence-electron chi connectivity index (χ0n) is 16.3. The standard InChI is InChI=1S/C22H25N3O4/c26-21(18-5-7-20(8-6-18)25(28)29)24-13-10-22(27,11-14-24)16-23-12-9-17-3-1-2-4-19(17)15-23/h1-8,27H,9-16H2. The van der Waals surface area contributed by atoms with E-state index in [0.717, 1.165) is 19.5 Å². The number of nitrogens with zero attached hydrogens (tertiary/aromatic N) is 3. The van der Waals surface area contributed by atoms with E-state index in [0.29, 0.717) is 38.0 Å². The number of likely N-dealkylation sites (tertiary alicyclic amines) is 1. The predicted octanol–water partition coefficient (Wildman–Crippen LogP) is 2.62. The van der Waals surface area contributed by atoms with Crippen molar-refractivity contribution in [3.8, 4) is 0 Å². The summed E-state index contributed by atoms with van der Waals surface area (Å²) < 4.78 is 0. The predicted molar refractivity (Wildman–Crippen MR) is 109 cm³/mol. The van der Waals surface area contributed by atoms with E-state index < -0.39 is 10.5 Å². The summed E-state index contributed by atoms with van der Waals surface area (Å²) in [6.45, 7) is 3.36. The lowest BCUT2D eigenvalue weighted by Crippen LogP contribution is -2.52.